The molecule has 16 heavy (non-hydrogen) atoms. The topological polar surface area (TPSA) is 35.3 Å². The molecule has 4 heteroatoms. The van der Waals surface area contributed by atoms with Gasteiger partial charge in [0.05, 0.1) is 0 Å². The van der Waals surface area contributed by atoms with Crippen LogP contribution in [0, 0.1) is 5.82 Å². The number of hydrogen-bond donors (Lipinski definition) is 0. The van der Waals surface area contributed by atoms with Crippen LogP contribution in [0.25, 0.3) is 11.1 Å². The number of hydrogen-bond acceptors (Lipinski definition) is 3. The molecule has 0 saturated carbocycles. The van der Waals surface area contributed by atoms with E-state index in [1.165, 1.54) is 6.07 Å². The number of rotatable bonds is 3. The van der Waals surface area contributed by atoms with E-state index in [4.69, 9.17) is 9.15 Å². The minimum atomic E-state index is -0.340. The fourth-order valence-electron chi connectivity index (χ4n) is 1.57. The summed E-state index contributed by atoms with van der Waals surface area (Å²) in [6, 6.07) is 3.33. The number of benzene rings is 1. The molecule has 1 aromatic carbocycles. The number of methoxy groups -OCH3 is 1. The zero-order valence-electron chi connectivity index (χ0n) is 9.58. The van der Waals surface area contributed by atoms with Crippen LogP contribution in [0.4, 0.5) is 4.39 Å². The third-order valence-electron chi connectivity index (χ3n) is 2.45. The van der Waals surface area contributed by atoms with Gasteiger partial charge in [0.25, 0.3) is 0 Å². The second-order valence-corrected chi connectivity index (χ2v) is 4.04. The van der Waals surface area contributed by atoms with Crippen LogP contribution >= 0.6 is 0 Å². The average Bonchev–Trinajstić information content (AvgIpc) is 2.61. The zero-order chi connectivity index (χ0) is 11.7. The summed E-state index contributed by atoms with van der Waals surface area (Å²) in [5.41, 5.74) is 1.66. The van der Waals surface area contributed by atoms with Gasteiger partial charge in [-0.25, -0.2) is 9.37 Å². The molecule has 0 N–H and O–H groups in total. The first-order valence-corrected chi connectivity index (χ1v) is 5.19. The monoisotopic (exact) mass is 223 g/mol. The third kappa shape index (κ3) is 1.93. The first-order valence-electron chi connectivity index (χ1n) is 5.19. The van der Waals surface area contributed by atoms with Crippen molar-refractivity contribution in [3.63, 3.8) is 0 Å². The van der Waals surface area contributed by atoms with Gasteiger partial charge in [0.15, 0.2) is 11.4 Å². The van der Waals surface area contributed by atoms with Crippen LogP contribution in [0.5, 0.6) is 0 Å². The summed E-state index contributed by atoms with van der Waals surface area (Å²) >= 11 is 0. The van der Waals surface area contributed by atoms with Gasteiger partial charge in [0, 0.05) is 7.11 Å². The molecule has 1 heterocycles. The van der Waals surface area contributed by atoms with Gasteiger partial charge in [-0.3, -0.25) is 0 Å². The highest BCUT2D eigenvalue weighted by Gasteiger charge is 2.13. The molecule has 0 aliphatic carbocycles. The molecular weight excluding hydrogens is 209 g/mol. The van der Waals surface area contributed by atoms with Gasteiger partial charge in [-0.1, -0.05) is 13.8 Å². The van der Waals surface area contributed by atoms with Crippen molar-refractivity contribution in [1.29, 1.82) is 0 Å². The number of ether oxygens (including phenoxy) is 1. The molecule has 0 fully saturated rings. The zero-order valence-corrected chi connectivity index (χ0v) is 9.58. The van der Waals surface area contributed by atoms with E-state index in [1.807, 2.05) is 19.9 Å². The molecule has 0 atom stereocenters. The third-order valence-corrected chi connectivity index (χ3v) is 2.45. The van der Waals surface area contributed by atoms with Gasteiger partial charge in [-0.05, 0) is 23.6 Å². The summed E-state index contributed by atoms with van der Waals surface area (Å²) in [6.45, 7) is 4.27. The lowest BCUT2D eigenvalue weighted by atomic mass is 10.0. The van der Waals surface area contributed by atoms with E-state index in [0.717, 1.165) is 5.56 Å². The van der Waals surface area contributed by atoms with Crippen LogP contribution in [0.2, 0.25) is 0 Å². The van der Waals surface area contributed by atoms with Crippen LogP contribution in [-0.2, 0) is 11.3 Å². The Labute approximate surface area is 93.2 Å². The summed E-state index contributed by atoms with van der Waals surface area (Å²) in [5.74, 6) is 0.319. The van der Waals surface area contributed by atoms with E-state index in [9.17, 15) is 4.39 Å². The van der Waals surface area contributed by atoms with Crippen molar-refractivity contribution in [1.82, 2.24) is 4.98 Å². The van der Waals surface area contributed by atoms with Crippen LogP contribution in [0.1, 0.15) is 31.2 Å². The van der Waals surface area contributed by atoms with Gasteiger partial charge < -0.3 is 9.15 Å². The van der Waals surface area contributed by atoms with Gasteiger partial charge in [0.2, 0.25) is 5.89 Å². The van der Waals surface area contributed by atoms with Gasteiger partial charge in [-0.2, -0.15) is 0 Å². The lowest BCUT2D eigenvalue weighted by molar-refractivity contribution is 0.161. The molecule has 0 spiro atoms. The van der Waals surface area contributed by atoms with E-state index >= 15 is 0 Å². The second-order valence-electron chi connectivity index (χ2n) is 4.04. The molecule has 0 saturated heterocycles. The highest BCUT2D eigenvalue weighted by Crippen LogP contribution is 2.25. The van der Waals surface area contributed by atoms with Crippen molar-refractivity contribution in [3.05, 3.63) is 29.4 Å². The lowest BCUT2D eigenvalue weighted by Gasteiger charge is -2.04. The first-order chi connectivity index (χ1) is 7.61. The van der Waals surface area contributed by atoms with Crippen molar-refractivity contribution in [2.45, 2.75) is 26.4 Å². The standard InChI is InChI=1S/C12H14FNO2/c1-7(2)8-4-9(13)12-10(5-8)16-11(14-12)6-15-3/h4-5,7H,6H2,1-3H3. The molecule has 0 bridgehead atoms. The Hall–Kier alpha value is -1.42. The summed E-state index contributed by atoms with van der Waals surface area (Å²) in [4.78, 5) is 4.04. The SMILES string of the molecule is COCc1nc2c(F)cc(C(C)C)cc2o1. The Bertz CT molecular complexity index is 505. The van der Waals surface area contributed by atoms with E-state index in [0.29, 0.717) is 11.5 Å². The number of aromatic nitrogens is 1. The van der Waals surface area contributed by atoms with Crippen LogP contribution in [-0.4, -0.2) is 12.1 Å². The van der Waals surface area contributed by atoms with Crippen molar-refractivity contribution in [3.8, 4) is 0 Å². The molecule has 0 amide bonds. The van der Waals surface area contributed by atoms with Crippen LogP contribution in [0.3, 0.4) is 0 Å². The predicted molar refractivity (Wildman–Crippen MR) is 58.8 cm³/mol. The van der Waals surface area contributed by atoms with Crippen LogP contribution in [0.15, 0.2) is 16.5 Å². The van der Waals surface area contributed by atoms with E-state index in [2.05, 4.69) is 4.98 Å². The molecular formula is C12H14FNO2. The lowest BCUT2D eigenvalue weighted by Crippen LogP contribution is -1.89. The number of oxazole rings is 1. The fourth-order valence-corrected chi connectivity index (χ4v) is 1.57. The Morgan fingerprint density at radius 1 is 1.44 bits per heavy atom. The van der Waals surface area contributed by atoms with E-state index < -0.39 is 0 Å². The fraction of sp³-hybridized carbons (Fsp3) is 0.417. The molecule has 0 aliphatic heterocycles. The first kappa shape index (κ1) is 11.1. The number of nitrogens with zero attached hydrogens (tertiary/aromatic N) is 1. The van der Waals surface area contributed by atoms with Gasteiger partial charge in [-0.15, -0.1) is 0 Å². The number of fused-ring (bicyclic) bond motifs is 1. The van der Waals surface area contributed by atoms with Crippen molar-refractivity contribution < 1.29 is 13.5 Å². The smallest absolute Gasteiger partial charge is 0.221 e. The predicted octanol–water partition coefficient (Wildman–Crippen LogP) is 3.24. The summed E-state index contributed by atoms with van der Waals surface area (Å²) < 4.78 is 24.0. The van der Waals surface area contributed by atoms with Crippen LogP contribution < -0.4 is 0 Å². The summed E-state index contributed by atoms with van der Waals surface area (Å²) in [5, 5.41) is 0. The minimum Gasteiger partial charge on any atom is -0.438 e. The van der Waals surface area contributed by atoms with E-state index in [1.54, 1.807) is 7.11 Å². The molecule has 1 aromatic heterocycles. The molecule has 0 unspecified atom stereocenters. The Balaban J connectivity index is 2.54. The van der Waals surface area contributed by atoms with Gasteiger partial charge in [0.1, 0.15) is 12.1 Å². The van der Waals surface area contributed by atoms with Crippen molar-refractivity contribution in [2.24, 2.45) is 0 Å². The van der Waals surface area contributed by atoms with E-state index in [-0.39, 0.29) is 23.9 Å². The molecule has 0 radical (unpaired) electrons. The Kier molecular flexibility index (Phi) is 2.92. The Morgan fingerprint density at radius 3 is 2.81 bits per heavy atom. The average molecular weight is 223 g/mol. The maximum absolute atomic E-state index is 13.7. The second kappa shape index (κ2) is 4.22. The normalized spacial score (nSPS) is 11.6. The molecule has 2 aromatic rings. The quantitative estimate of drug-likeness (QED) is 0.801. The van der Waals surface area contributed by atoms with Crippen molar-refractivity contribution >= 4 is 11.1 Å². The largest absolute Gasteiger partial charge is 0.438 e. The van der Waals surface area contributed by atoms with Crippen molar-refractivity contribution in [2.75, 3.05) is 7.11 Å². The maximum Gasteiger partial charge on any atom is 0.221 e. The maximum atomic E-state index is 13.7. The Morgan fingerprint density at radius 2 is 2.19 bits per heavy atom. The molecule has 86 valence electrons. The summed E-state index contributed by atoms with van der Waals surface area (Å²) in [7, 11) is 1.55. The molecule has 0 aliphatic rings. The number of halogens is 1. The molecule has 3 nitrogen and oxygen atoms in total. The highest BCUT2D eigenvalue weighted by atomic mass is 19.1. The minimum absolute atomic E-state index is 0.255. The highest BCUT2D eigenvalue weighted by molar-refractivity contribution is 5.74. The molecule has 2 rings (SSSR count). The summed E-state index contributed by atoms with van der Waals surface area (Å²) in [6.07, 6.45) is 0. The van der Waals surface area contributed by atoms with Gasteiger partial charge >= 0.3 is 0 Å².